The molecule has 0 atom stereocenters. The lowest BCUT2D eigenvalue weighted by atomic mass is 10.1. The summed E-state index contributed by atoms with van der Waals surface area (Å²) in [4.78, 5) is 12.4. The number of sulfonamides is 1. The first-order valence-corrected chi connectivity index (χ1v) is 11.5. The smallest absolute Gasteiger partial charge is 0.251 e. The zero-order chi connectivity index (χ0) is 21.7. The van der Waals surface area contributed by atoms with Gasteiger partial charge in [0.15, 0.2) is 0 Å². The molecule has 3 aromatic carbocycles. The molecule has 30 heavy (non-hydrogen) atoms. The van der Waals surface area contributed by atoms with E-state index in [4.69, 9.17) is 0 Å². The SMILES string of the molecule is Cc1cc(C)cc(N(Cc2ccc(C(=O)NCc3ccccc3)cc2)S(C)(=O)=O)c1. The molecule has 0 fully saturated rings. The van der Waals surface area contributed by atoms with Crippen LogP contribution in [-0.2, 0) is 23.1 Å². The summed E-state index contributed by atoms with van der Waals surface area (Å²) in [5.41, 5.74) is 5.01. The minimum absolute atomic E-state index is 0.167. The average Bonchev–Trinajstić information content (AvgIpc) is 2.70. The minimum atomic E-state index is -3.46. The number of benzene rings is 3. The van der Waals surface area contributed by atoms with E-state index in [0.717, 1.165) is 22.3 Å². The fourth-order valence-electron chi connectivity index (χ4n) is 3.30. The van der Waals surface area contributed by atoms with Gasteiger partial charge in [0.25, 0.3) is 5.91 Å². The second-order valence-corrected chi connectivity index (χ2v) is 9.39. The van der Waals surface area contributed by atoms with Gasteiger partial charge in [0.2, 0.25) is 10.0 Å². The van der Waals surface area contributed by atoms with Crippen LogP contribution < -0.4 is 9.62 Å². The molecule has 0 aliphatic rings. The summed E-state index contributed by atoms with van der Waals surface area (Å²) < 4.78 is 26.2. The lowest BCUT2D eigenvalue weighted by Gasteiger charge is -2.23. The molecule has 5 nitrogen and oxygen atoms in total. The zero-order valence-corrected chi connectivity index (χ0v) is 18.2. The van der Waals surface area contributed by atoms with Gasteiger partial charge in [-0.15, -0.1) is 0 Å². The van der Waals surface area contributed by atoms with E-state index in [1.54, 1.807) is 24.3 Å². The van der Waals surface area contributed by atoms with Crippen molar-refractivity contribution in [2.75, 3.05) is 10.6 Å². The molecule has 1 amide bonds. The first kappa shape index (κ1) is 21.6. The molecule has 0 unspecified atom stereocenters. The monoisotopic (exact) mass is 422 g/mol. The van der Waals surface area contributed by atoms with Crippen molar-refractivity contribution < 1.29 is 13.2 Å². The highest BCUT2D eigenvalue weighted by atomic mass is 32.2. The molecule has 3 aromatic rings. The lowest BCUT2D eigenvalue weighted by molar-refractivity contribution is 0.0951. The molecule has 0 aliphatic heterocycles. The minimum Gasteiger partial charge on any atom is -0.348 e. The molecular weight excluding hydrogens is 396 g/mol. The van der Waals surface area contributed by atoms with Gasteiger partial charge in [-0.1, -0.05) is 48.5 Å². The highest BCUT2D eigenvalue weighted by molar-refractivity contribution is 7.92. The highest BCUT2D eigenvalue weighted by Crippen LogP contribution is 2.23. The molecule has 3 rings (SSSR count). The van der Waals surface area contributed by atoms with Gasteiger partial charge in [0.05, 0.1) is 18.5 Å². The van der Waals surface area contributed by atoms with Gasteiger partial charge in [-0.05, 0) is 60.4 Å². The highest BCUT2D eigenvalue weighted by Gasteiger charge is 2.18. The summed E-state index contributed by atoms with van der Waals surface area (Å²) in [6.07, 6.45) is 1.20. The van der Waals surface area contributed by atoms with Crippen molar-refractivity contribution in [3.05, 3.63) is 101 Å². The third kappa shape index (κ3) is 5.70. The first-order valence-electron chi connectivity index (χ1n) is 9.69. The van der Waals surface area contributed by atoms with Crippen LogP contribution in [0.5, 0.6) is 0 Å². The molecule has 6 heteroatoms. The Labute approximate surface area is 178 Å². The maximum absolute atomic E-state index is 12.4. The number of amides is 1. The molecule has 0 spiro atoms. The molecule has 0 radical (unpaired) electrons. The maximum Gasteiger partial charge on any atom is 0.251 e. The van der Waals surface area contributed by atoms with Crippen LogP contribution in [0.2, 0.25) is 0 Å². The predicted molar refractivity (Wildman–Crippen MR) is 121 cm³/mol. The fraction of sp³-hybridized carbons (Fsp3) is 0.208. The molecule has 0 bridgehead atoms. The number of nitrogens with zero attached hydrogens (tertiary/aromatic N) is 1. The maximum atomic E-state index is 12.4. The Balaban J connectivity index is 1.73. The van der Waals surface area contributed by atoms with Crippen LogP contribution in [0.1, 0.15) is 32.6 Å². The zero-order valence-electron chi connectivity index (χ0n) is 17.4. The summed E-state index contributed by atoms with van der Waals surface area (Å²) in [5.74, 6) is -0.167. The second kappa shape index (κ2) is 9.13. The Hall–Kier alpha value is -3.12. The summed E-state index contributed by atoms with van der Waals surface area (Å²) in [6.45, 7) is 4.54. The van der Waals surface area contributed by atoms with Gasteiger partial charge in [0.1, 0.15) is 0 Å². The largest absolute Gasteiger partial charge is 0.348 e. The van der Waals surface area contributed by atoms with Crippen molar-refractivity contribution >= 4 is 21.6 Å². The topological polar surface area (TPSA) is 66.5 Å². The molecule has 0 heterocycles. The normalized spacial score (nSPS) is 11.2. The molecular formula is C24H26N2O3S. The molecule has 1 N–H and O–H groups in total. The number of hydrogen-bond donors (Lipinski definition) is 1. The van der Waals surface area contributed by atoms with E-state index in [1.807, 2.05) is 62.4 Å². The van der Waals surface area contributed by atoms with Crippen molar-refractivity contribution in [2.24, 2.45) is 0 Å². The van der Waals surface area contributed by atoms with Crippen LogP contribution in [0.4, 0.5) is 5.69 Å². The summed E-state index contributed by atoms with van der Waals surface area (Å²) in [6, 6.07) is 22.4. The third-order valence-corrected chi connectivity index (χ3v) is 5.87. The van der Waals surface area contributed by atoms with E-state index in [1.165, 1.54) is 10.6 Å². The number of carbonyl (C=O) groups excluding carboxylic acids is 1. The van der Waals surface area contributed by atoms with Gasteiger partial charge in [-0.25, -0.2) is 8.42 Å². The van der Waals surface area contributed by atoms with Crippen molar-refractivity contribution in [1.29, 1.82) is 0 Å². The Morgan fingerprint density at radius 1 is 0.867 bits per heavy atom. The van der Waals surface area contributed by atoms with Crippen molar-refractivity contribution in [3.63, 3.8) is 0 Å². The van der Waals surface area contributed by atoms with E-state index < -0.39 is 10.0 Å². The standard InChI is InChI=1S/C24H26N2O3S/c1-18-13-19(2)15-23(14-18)26(30(3,28)29)17-21-9-11-22(12-10-21)24(27)25-16-20-7-5-4-6-8-20/h4-15H,16-17H2,1-3H3,(H,25,27). The Morgan fingerprint density at radius 3 is 2.03 bits per heavy atom. The second-order valence-electron chi connectivity index (χ2n) is 7.48. The van der Waals surface area contributed by atoms with Crippen LogP contribution in [0, 0.1) is 13.8 Å². The van der Waals surface area contributed by atoms with Crippen LogP contribution in [0.15, 0.2) is 72.8 Å². The van der Waals surface area contributed by atoms with Gasteiger partial charge in [0, 0.05) is 12.1 Å². The quantitative estimate of drug-likeness (QED) is 0.621. The van der Waals surface area contributed by atoms with E-state index in [0.29, 0.717) is 17.8 Å². The van der Waals surface area contributed by atoms with Crippen molar-refractivity contribution in [3.8, 4) is 0 Å². The molecule has 0 saturated carbocycles. The Kier molecular flexibility index (Phi) is 6.57. The van der Waals surface area contributed by atoms with Gasteiger partial charge < -0.3 is 5.32 Å². The average molecular weight is 423 g/mol. The van der Waals surface area contributed by atoms with Crippen LogP contribution >= 0.6 is 0 Å². The summed E-state index contributed by atoms with van der Waals surface area (Å²) in [5, 5.41) is 2.89. The van der Waals surface area contributed by atoms with Gasteiger partial charge >= 0.3 is 0 Å². The molecule has 0 saturated heterocycles. The van der Waals surface area contributed by atoms with Crippen LogP contribution in [-0.4, -0.2) is 20.6 Å². The third-order valence-electron chi connectivity index (χ3n) is 4.73. The Bertz CT molecular complexity index is 1100. The van der Waals surface area contributed by atoms with E-state index >= 15 is 0 Å². The van der Waals surface area contributed by atoms with Gasteiger partial charge in [-0.2, -0.15) is 0 Å². The van der Waals surface area contributed by atoms with E-state index in [2.05, 4.69) is 5.32 Å². The number of anilines is 1. The fourth-order valence-corrected chi connectivity index (χ4v) is 4.17. The first-order chi connectivity index (χ1) is 14.2. The molecule has 0 aliphatic carbocycles. The number of hydrogen-bond acceptors (Lipinski definition) is 3. The molecule has 156 valence electrons. The van der Waals surface area contributed by atoms with Crippen LogP contribution in [0.3, 0.4) is 0 Å². The van der Waals surface area contributed by atoms with E-state index in [-0.39, 0.29) is 12.5 Å². The van der Waals surface area contributed by atoms with Crippen molar-refractivity contribution in [1.82, 2.24) is 5.32 Å². The van der Waals surface area contributed by atoms with E-state index in [9.17, 15) is 13.2 Å². The van der Waals surface area contributed by atoms with Crippen LogP contribution in [0.25, 0.3) is 0 Å². The van der Waals surface area contributed by atoms with Gasteiger partial charge in [-0.3, -0.25) is 9.10 Å². The van der Waals surface area contributed by atoms with Crippen molar-refractivity contribution in [2.45, 2.75) is 26.9 Å². The number of carbonyl (C=O) groups is 1. The number of rotatable bonds is 7. The predicted octanol–water partition coefficient (Wildman–Crippen LogP) is 4.20. The Morgan fingerprint density at radius 2 is 1.47 bits per heavy atom. The number of aryl methyl sites for hydroxylation is 2. The molecule has 0 aromatic heterocycles. The number of nitrogens with one attached hydrogen (secondary N) is 1. The summed E-state index contributed by atoms with van der Waals surface area (Å²) in [7, 11) is -3.46. The lowest BCUT2D eigenvalue weighted by Crippen LogP contribution is -2.29. The summed E-state index contributed by atoms with van der Waals surface area (Å²) >= 11 is 0.